The first-order chi connectivity index (χ1) is 6.02. The van der Waals surface area contributed by atoms with Gasteiger partial charge in [-0.3, -0.25) is 9.59 Å². The molecule has 0 aromatic rings. The van der Waals surface area contributed by atoms with Crippen molar-refractivity contribution in [3.05, 3.63) is 0 Å². The molecule has 0 saturated carbocycles. The van der Waals surface area contributed by atoms with Crippen LogP contribution in [0.2, 0.25) is 0 Å². The fraction of sp³-hybridized carbons (Fsp3) is 0.778. The average Bonchev–Trinajstić information content (AvgIpc) is 1.96. The number of rotatable bonds is 6. The van der Waals surface area contributed by atoms with E-state index in [1.54, 1.807) is 0 Å². The molecule has 0 saturated heterocycles. The highest BCUT2D eigenvalue weighted by Gasteiger charge is 2.03. The Kier molecular flexibility index (Phi) is 5.93. The number of unbranched alkanes of at least 4 members (excludes halogenated alkanes) is 1. The van der Waals surface area contributed by atoms with Gasteiger partial charge in [-0.1, -0.05) is 0 Å². The van der Waals surface area contributed by atoms with Crippen LogP contribution in [0.15, 0.2) is 0 Å². The molecule has 0 radical (unpaired) electrons. The molecule has 13 heavy (non-hydrogen) atoms. The lowest BCUT2D eigenvalue weighted by atomic mass is 10.2. The number of carbonyl (C=O) groups excluding carboxylic acids is 1. The molecule has 76 valence electrons. The van der Waals surface area contributed by atoms with Crippen LogP contribution in [0.4, 0.5) is 0 Å². The van der Waals surface area contributed by atoms with E-state index in [1.165, 1.54) is 0 Å². The maximum absolute atomic E-state index is 11.0. The molecule has 0 unspecified atom stereocenters. The molecule has 2 N–H and O–H groups in total. The minimum Gasteiger partial charge on any atom is -0.481 e. The summed E-state index contributed by atoms with van der Waals surface area (Å²) in [5, 5.41) is 11.1. The van der Waals surface area contributed by atoms with Crippen molar-refractivity contribution in [3.8, 4) is 0 Å². The van der Waals surface area contributed by atoms with E-state index in [2.05, 4.69) is 5.32 Å². The van der Waals surface area contributed by atoms with Crippen LogP contribution in [-0.4, -0.2) is 23.0 Å². The van der Waals surface area contributed by atoms with Crippen LogP contribution in [0.25, 0.3) is 0 Å². The van der Waals surface area contributed by atoms with Crippen LogP contribution in [0.1, 0.15) is 39.5 Å². The second-order valence-corrected chi connectivity index (χ2v) is 3.32. The summed E-state index contributed by atoms with van der Waals surface area (Å²) >= 11 is 0. The molecule has 0 fully saturated rings. The quantitative estimate of drug-likeness (QED) is 0.613. The molecule has 0 aliphatic heterocycles. The van der Waals surface area contributed by atoms with Crippen LogP contribution < -0.4 is 5.32 Å². The number of carboxylic acid groups (broad SMARTS) is 1. The number of carbonyl (C=O) groups is 2. The predicted molar refractivity (Wildman–Crippen MR) is 49.4 cm³/mol. The summed E-state index contributed by atoms with van der Waals surface area (Å²) in [7, 11) is 0. The zero-order valence-electron chi connectivity index (χ0n) is 8.17. The van der Waals surface area contributed by atoms with Crippen LogP contribution in [0, 0.1) is 0 Å². The van der Waals surface area contributed by atoms with Gasteiger partial charge < -0.3 is 10.4 Å². The van der Waals surface area contributed by atoms with Gasteiger partial charge in [-0.2, -0.15) is 0 Å². The lowest BCUT2D eigenvalue weighted by molar-refractivity contribution is -0.137. The van der Waals surface area contributed by atoms with E-state index in [9.17, 15) is 9.59 Å². The highest BCUT2D eigenvalue weighted by atomic mass is 16.4. The first-order valence-electron chi connectivity index (χ1n) is 4.53. The summed E-state index contributed by atoms with van der Waals surface area (Å²) in [5.74, 6) is -0.801. The standard InChI is InChI=1S/C9H17NO3/c1-7(2)10-8(11)5-3-4-6-9(12)13/h7H,3-6H2,1-2H3,(H,10,11)(H,12,13). The highest BCUT2D eigenvalue weighted by Crippen LogP contribution is 1.99. The minimum atomic E-state index is -0.802. The summed E-state index contributed by atoms with van der Waals surface area (Å²) in [6, 6.07) is 0.159. The zero-order valence-corrected chi connectivity index (χ0v) is 8.17. The van der Waals surface area contributed by atoms with Crippen molar-refractivity contribution in [1.82, 2.24) is 5.32 Å². The third kappa shape index (κ3) is 8.85. The normalized spacial score (nSPS) is 10.1. The van der Waals surface area contributed by atoms with Crippen LogP contribution in [0.5, 0.6) is 0 Å². The number of nitrogens with one attached hydrogen (secondary N) is 1. The molecule has 0 aliphatic rings. The Labute approximate surface area is 78.3 Å². The van der Waals surface area contributed by atoms with Crippen molar-refractivity contribution in [2.45, 2.75) is 45.6 Å². The van der Waals surface area contributed by atoms with E-state index in [-0.39, 0.29) is 18.4 Å². The Hall–Kier alpha value is -1.06. The second-order valence-electron chi connectivity index (χ2n) is 3.32. The van der Waals surface area contributed by atoms with Crippen molar-refractivity contribution in [1.29, 1.82) is 0 Å². The van der Waals surface area contributed by atoms with E-state index in [1.807, 2.05) is 13.8 Å². The maximum atomic E-state index is 11.0. The molecule has 0 aliphatic carbocycles. The van der Waals surface area contributed by atoms with Crippen LogP contribution in [-0.2, 0) is 9.59 Å². The van der Waals surface area contributed by atoms with Gasteiger partial charge in [-0.05, 0) is 26.7 Å². The van der Waals surface area contributed by atoms with Gasteiger partial charge in [0.15, 0.2) is 0 Å². The van der Waals surface area contributed by atoms with Crippen molar-refractivity contribution >= 4 is 11.9 Å². The van der Waals surface area contributed by atoms with Gasteiger partial charge in [0.1, 0.15) is 0 Å². The van der Waals surface area contributed by atoms with E-state index in [4.69, 9.17) is 5.11 Å². The SMILES string of the molecule is CC(C)NC(=O)CCCCC(=O)O. The Morgan fingerprint density at radius 3 is 2.23 bits per heavy atom. The Morgan fingerprint density at radius 2 is 1.77 bits per heavy atom. The maximum Gasteiger partial charge on any atom is 0.303 e. The predicted octanol–water partition coefficient (Wildman–Crippen LogP) is 1.16. The molecule has 0 spiro atoms. The Morgan fingerprint density at radius 1 is 1.23 bits per heavy atom. The van der Waals surface area contributed by atoms with E-state index < -0.39 is 5.97 Å². The number of hydrogen-bond acceptors (Lipinski definition) is 2. The first-order valence-corrected chi connectivity index (χ1v) is 4.53. The Bertz CT molecular complexity index is 178. The number of amides is 1. The molecule has 1 amide bonds. The van der Waals surface area contributed by atoms with Gasteiger partial charge in [-0.25, -0.2) is 0 Å². The van der Waals surface area contributed by atoms with Crippen LogP contribution in [0.3, 0.4) is 0 Å². The molecule has 4 heteroatoms. The number of carboxylic acids is 1. The number of aliphatic carboxylic acids is 1. The van der Waals surface area contributed by atoms with E-state index >= 15 is 0 Å². The topological polar surface area (TPSA) is 66.4 Å². The summed E-state index contributed by atoms with van der Waals surface area (Å²) in [6.45, 7) is 3.80. The van der Waals surface area contributed by atoms with Gasteiger partial charge >= 0.3 is 5.97 Å². The lowest BCUT2D eigenvalue weighted by Crippen LogP contribution is -2.29. The van der Waals surface area contributed by atoms with Gasteiger partial charge in [-0.15, -0.1) is 0 Å². The molecule has 4 nitrogen and oxygen atoms in total. The fourth-order valence-electron chi connectivity index (χ4n) is 0.956. The zero-order chi connectivity index (χ0) is 10.3. The minimum absolute atomic E-state index is 0.000360. The highest BCUT2D eigenvalue weighted by molar-refractivity contribution is 5.76. The smallest absolute Gasteiger partial charge is 0.303 e. The van der Waals surface area contributed by atoms with E-state index in [0.29, 0.717) is 19.3 Å². The summed E-state index contributed by atoms with van der Waals surface area (Å²) in [5.41, 5.74) is 0. The molecule has 0 rings (SSSR count). The fourth-order valence-corrected chi connectivity index (χ4v) is 0.956. The van der Waals surface area contributed by atoms with Gasteiger partial charge in [0, 0.05) is 18.9 Å². The average molecular weight is 187 g/mol. The summed E-state index contributed by atoms with van der Waals surface area (Å²) in [4.78, 5) is 21.2. The molecule has 0 aromatic carbocycles. The lowest BCUT2D eigenvalue weighted by Gasteiger charge is -2.07. The van der Waals surface area contributed by atoms with Gasteiger partial charge in [0.05, 0.1) is 0 Å². The van der Waals surface area contributed by atoms with Gasteiger partial charge in [0.2, 0.25) is 5.91 Å². The molecule has 0 heterocycles. The molecular weight excluding hydrogens is 170 g/mol. The van der Waals surface area contributed by atoms with E-state index in [0.717, 1.165) is 0 Å². The molecular formula is C9H17NO3. The monoisotopic (exact) mass is 187 g/mol. The molecule has 0 bridgehead atoms. The number of hydrogen-bond donors (Lipinski definition) is 2. The molecule has 0 atom stereocenters. The van der Waals surface area contributed by atoms with Crippen molar-refractivity contribution in [2.75, 3.05) is 0 Å². The van der Waals surface area contributed by atoms with Crippen LogP contribution >= 0.6 is 0 Å². The molecule has 0 aromatic heterocycles. The van der Waals surface area contributed by atoms with Crippen molar-refractivity contribution in [2.24, 2.45) is 0 Å². The Balaban J connectivity index is 3.32. The third-order valence-electron chi connectivity index (χ3n) is 1.49. The largest absolute Gasteiger partial charge is 0.481 e. The first kappa shape index (κ1) is 11.9. The second kappa shape index (κ2) is 6.46. The van der Waals surface area contributed by atoms with Crippen molar-refractivity contribution in [3.63, 3.8) is 0 Å². The van der Waals surface area contributed by atoms with Crippen molar-refractivity contribution < 1.29 is 14.7 Å². The van der Waals surface area contributed by atoms with Gasteiger partial charge in [0.25, 0.3) is 0 Å². The summed E-state index contributed by atoms with van der Waals surface area (Å²) < 4.78 is 0. The summed E-state index contributed by atoms with van der Waals surface area (Å²) in [6.07, 6.45) is 1.78. The third-order valence-corrected chi connectivity index (χ3v) is 1.49.